The Labute approximate surface area is 116 Å². The summed E-state index contributed by atoms with van der Waals surface area (Å²) in [6.45, 7) is 3.51. The summed E-state index contributed by atoms with van der Waals surface area (Å²) in [6.07, 6.45) is 3.32. The van der Waals surface area contributed by atoms with Crippen molar-refractivity contribution in [3.8, 4) is 0 Å². The van der Waals surface area contributed by atoms with Crippen molar-refractivity contribution >= 4 is 5.91 Å². The maximum atomic E-state index is 12.4. The Kier molecular flexibility index (Phi) is 3.27. The molecule has 0 radical (unpaired) electrons. The predicted molar refractivity (Wildman–Crippen MR) is 71.1 cm³/mol. The zero-order valence-corrected chi connectivity index (χ0v) is 11.5. The Morgan fingerprint density at radius 3 is 3.05 bits per heavy atom. The zero-order chi connectivity index (χ0) is 14.1. The van der Waals surface area contributed by atoms with Gasteiger partial charge in [-0.1, -0.05) is 0 Å². The van der Waals surface area contributed by atoms with Crippen LogP contribution in [0, 0.1) is 6.92 Å². The number of amides is 1. The second-order valence-corrected chi connectivity index (χ2v) is 4.94. The van der Waals surface area contributed by atoms with Crippen LogP contribution < -0.4 is 0 Å². The number of carbonyl (C=O) groups is 1. The molecule has 0 unspecified atom stereocenters. The molecule has 0 saturated carbocycles. The SMILES string of the molecule is Cc1cnc([C@H]2CN(C(=O)c3ccn(C)n3)CCO2)[nH]1. The number of rotatable bonds is 2. The van der Waals surface area contributed by atoms with E-state index >= 15 is 0 Å². The van der Waals surface area contributed by atoms with E-state index < -0.39 is 0 Å². The number of nitrogens with zero attached hydrogens (tertiary/aromatic N) is 4. The smallest absolute Gasteiger partial charge is 0.274 e. The molecule has 7 heteroatoms. The second kappa shape index (κ2) is 5.09. The molecule has 3 rings (SSSR count). The molecule has 20 heavy (non-hydrogen) atoms. The number of aromatic amines is 1. The molecule has 106 valence electrons. The first-order valence-corrected chi connectivity index (χ1v) is 6.55. The second-order valence-electron chi connectivity index (χ2n) is 4.94. The van der Waals surface area contributed by atoms with E-state index in [1.165, 1.54) is 0 Å². The highest BCUT2D eigenvalue weighted by molar-refractivity contribution is 5.92. The number of carbonyl (C=O) groups excluding carboxylic acids is 1. The van der Waals surface area contributed by atoms with Crippen LogP contribution in [0.25, 0.3) is 0 Å². The molecule has 1 aliphatic heterocycles. The number of morpholine rings is 1. The molecule has 2 aromatic rings. The van der Waals surface area contributed by atoms with Gasteiger partial charge < -0.3 is 14.6 Å². The number of imidazole rings is 1. The zero-order valence-electron chi connectivity index (χ0n) is 11.5. The van der Waals surface area contributed by atoms with E-state index in [1.54, 1.807) is 35.1 Å². The molecule has 1 fully saturated rings. The third-order valence-electron chi connectivity index (χ3n) is 3.31. The average Bonchev–Trinajstić information content (AvgIpc) is 3.07. The molecule has 1 amide bonds. The van der Waals surface area contributed by atoms with Gasteiger partial charge in [0.2, 0.25) is 0 Å². The molecule has 1 atom stereocenters. The highest BCUT2D eigenvalue weighted by atomic mass is 16.5. The third kappa shape index (κ3) is 2.44. The lowest BCUT2D eigenvalue weighted by Crippen LogP contribution is -2.42. The van der Waals surface area contributed by atoms with E-state index in [-0.39, 0.29) is 12.0 Å². The topological polar surface area (TPSA) is 76.0 Å². The highest BCUT2D eigenvalue weighted by Crippen LogP contribution is 2.20. The summed E-state index contributed by atoms with van der Waals surface area (Å²) >= 11 is 0. The van der Waals surface area contributed by atoms with Crippen LogP contribution in [0.3, 0.4) is 0 Å². The van der Waals surface area contributed by atoms with Crippen LogP contribution in [0.15, 0.2) is 18.5 Å². The minimum atomic E-state index is -0.204. The summed E-state index contributed by atoms with van der Waals surface area (Å²) < 4.78 is 7.31. The Balaban J connectivity index is 1.73. The van der Waals surface area contributed by atoms with Gasteiger partial charge in [-0.3, -0.25) is 9.48 Å². The monoisotopic (exact) mass is 275 g/mol. The van der Waals surface area contributed by atoms with Gasteiger partial charge in [0.15, 0.2) is 0 Å². The lowest BCUT2D eigenvalue weighted by atomic mass is 10.2. The molecule has 0 spiro atoms. The number of ether oxygens (including phenoxy) is 1. The minimum Gasteiger partial charge on any atom is -0.367 e. The van der Waals surface area contributed by atoms with Crippen molar-refractivity contribution in [2.24, 2.45) is 7.05 Å². The minimum absolute atomic E-state index is 0.0674. The van der Waals surface area contributed by atoms with Gasteiger partial charge in [-0.05, 0) is 13.0 Å². The maximum absolute atomic E-state index is 12.4. The van der Waals surface area contributed by atoms with E-state index in [1.807, 2.05) is 6.92 Å². The Morgan fingerprint density at radius 1 is 1.55 bits per heavy atom. The van der Waals surface area contributed by atoms with Gasteiger partial charge in [-0.15, -0.1) is 0 Å². The number of H-pyrrole nitrogens is 1. The fourth-order valence-electron chi connectivity index (χ4n) is 2.29. The van der Waals surface area contributed by atoms with Crippen molar-refractivity contribution in [2.75, 3.05) is 19.7 Å². The van der Waals surface area contributed by atoms with E-state index in [0.717, 1.165) is 11.5 Å². The first-order valence-electron chi connectivity index (χ1n) is 6.55. The lowest BCUT2D eigenvalue weighted by molar-refractivity contribution is -0.0266. The van der Waals surface area contributed by atoms with Crippen LogP contribution in [0.2, 0.25) is 0 Å². The fourth-order valence-corrected chi connectivity index (χ4v) is 2.29. The van der Waals surface area contributed by atoms with Gasteiger partial charge >= 0.3 is 0 Å². The standard InChI is InChI=1S/C13H17N5O2/c1-9-7-14-12(15-9)11-8-18(5-6-20-11)13(19)10-3-4-17(2)16-10/h3-4,7,11H,5-6,8H2,1-2H3,(H,14,15)/t11-/m1/s1. The molecule has 1 saturated heterocycles. The molecule has 0 aliphatic carbocycles. The highest BCUT2D eigenvalue weighted by Gasteiger charge is 2.28. The molecule has 3 heterocycles. The summed E-state index contributed by atoms with van der Waals surface area (Å²) in [7, 11) is 1.80. The average molecular weight is 275 g/mol. The van der Waals surface area contributed by atoms with Crippen LogP contribution >= 0.6 is 0 Å². The molecule has 2 aromatic heterocycles. The molecular formula is C13H17N5O2. The van der Waals surface area contributed by atoms with E-state index in [2.05, 4.69) is 15.1 Å². The van der Waals surface area contributed by atoms with Crippen molar-refractivity contribution in [2.45, 2.75) is 13.0 Å². The molecular weight excluding hydrogens is 258 g/mol. The normalized spacial score (nSPS) is 19.3. The van der Waals surface area contributed by atoms with Gasteiger partial charge in [0, 0.05) is 31.7 Å². The molecule has 1 N–H and O–H groups in total. The number of aryl methyl sites for hydroxylation is 2. The summed E-state index contributed by atoms with van der Waals surface area (Å²) in [5.74, 6) is 0.697. The van der Waals surface area contributed by atoms with Crippen molar-refractivity contribution in [1.29, 1.82) is 0 Å². The number of nitrogens with one attached hydrogen (secondary N) is 1. The van der Waals surface area contributed by atoms with E-state index in [0.29, 0.717) is 25.4 Å². The van der Waals surface area contributed by atoms with Crippen molar-refractivity contribution in [3.05, 3.63) is 35.7 Å². The van der Waals surface area contributed by atoms with E-state index in [4.69, 9.17) is 4.74 Å². The molecule has 1 aliphatic rings. The predicted octanol–water partition coefficient (Wildman–Crippen LogP) is 0.665. The molecule has 7 nitrogen and oxygen atoms in total. The van der Waals surface area contributed by atoms with Crippen molar-refractivity contribution in [1.82, 2.24) is 24.6 Å². The van der Waals surface area contributed by atoms with Gasteiger partial charge in [0.1, 0.15) is 17.6 Å². The van der Waals surface area contributed by atoms with Gasteiger partial charge in [-0.2, -0.15) is 5.10 Å². The number of hydrogen-bond donors (Lipinski definition) is 1. The number of aromatic nitrogens is 4. The number of hydrogen-bond acceptors (Lipinski definition) is 4. The summed E-state index contributed by atoms with van der Waals surface area (Å²) in [5, 5.41) is 4.15. The Bertz CT molecular complexity index is 618. The first kappa shape index (κ1) is 12.9. The van der Waals surface area contributed by atoms with Crippen LogP contribution in [-0.4, -0.2) is 50.3 Å². The fraction of sp³-hybridized carbons (Fsp3) is 0.462. The lowest BCUT2D eigenvalue weighted by Gasteiger charge is -2.31. The summed E-state index contributed by atoms with van der Waals surface area (Å²) in [6, 6.07) is 1.73. The Hall–Kier alpha value is -2.15. The van der Waals surface area contributed by atoms with Gasteiger partial charge in [0.05, 0.1) is 13.2 Å². The van der Waals surface area contributed by atoms with Crippen molar-refractivity contribution < 1.29 is 9.53 Å². The van der Waals surface area contributed by atoms with Gasteiger partial charge in [0.25, 0.3) is 5.91 Å². The van der Waals surface area contributed by atoms with Crippen molar-refractivity contribution in [3.63, 3.8) is 0 Å². The third-order valence-corrected chi connectivity index (χ3v) is 3.31. The van der Waals surface area contributed by atoms with Crippen LogP contribution in [0.5, 0.6) is 0 Å². The van der Waals surface area contributed by atoms with Gasteiger partial charge in [-0.25, -0.2) is 4.98 Å². The molecule has 0 aromatic carbocycles. The van der Waals surface area contributed by atoms with Crippen LogP contribution in [-0.2, 0) is 11.8 Å². The quantitative estimate of drug-likeness (QED) is 0.873. The first-order chi connectivity index (χ1) is 9.63. The largest absolute Gasteiger partial charge is 0.367 e. The van der Waals surface area contributed by atoms with E-state index in [9.17, 15) is 4.79 Å². The summed E-state index contributed by atoms with van der Waals surface area (Å²) in [4.78, 5) is 21.5. The van der Waals surface area contributed by atoms with Crippen LogP contribution in [0.4, 0.5) is 0 Å². The molecule has 0 bridgehead atoms. The Morgan fingerprint density at radius 2 is 2.40 bits per heavy atom. The van der Waals surface area contributed by atoms with Crippen LogP contribution in [0.1, 0.15) is 28.1 Å². The maximum Gasteiger partial charge on any atom is 0.274 e. The summed E-state index contributed by atoms with van der Waals surface area (Å²) in [5.41, 5.74) is 1.44.